The van der Waals surface area contributed by atoms with Gasteiger partial charge in [-0.25, -0.2) is 4.98 Å². The zero-order valence-corrected chi connectivity index (χ0v) is 11.6. The molecule has 0 unspecified atom stereocenters. The van der Waals surface area contributed by atoms with Crippen molar-refractivity contribution >= 4 is 17.5 Å². The van der Waals surface area contributed by atoms with E-state index in [1.54, 1.807) is 12.1 Å². The van der Waals surface area contributed by atoms with E-state index < -0.39 is 0 Å². The highest BCUT2D eigenvalue weighted by molar-refractivity contribution is 5.97. The third-order valence-corrected chi connectivity index (χ3v) is 3.11. The fraction of sp³-hybridized carbons (Fsp3) is 0.462. The summed E-state index contributed by atoms with van der Waals surface area (Å²) >= 11 is 0. The first-order valence-electron chi connectivity index (χ1n) is 6.44. The number of anilines is 1. The van der Waals surface area contributed by atoms with E-state index in [-0.39, 0.29) is 23.2 Å². The number of hydrogen-bond donors (Lipinski definition) is 2. The van der Waals surface area contributed by atoms with Crippen LogP contribution in [0.15, 0.2) is 12.1 Å². The number of amides is 2. The summed E-state index contributed by atoms with van der Waals surface area (Å²) in [5.41, 5.74) is 1.27. The van der Waals surface area contributed by atoms with Crippen LogP contribution < -0.4 is 15.5 Å². The standard InChI is InChI=1S/C13H18N4O3/c1-14-12(18)10-7-9(17-3-5-20-6-4-17)8-11(16-10)13(19)15-2/h7-8H,3-6H2,1-2H3,(H,14,18)(H,15,19). The predicted octanol–water partition coefficient (Wildman–Crippen LogP) is -0.363. The van der Waals surface area contributed by atoms with Crippen molar-refractivity contribution in [2.24, 2.45) is 0 Å². The lowest BCUT2D eigenvalue weighted by Gasteiger charge is -2.29. The summed E-state index contributed by atoms with van der Waals surface area (Å²) in [6.45, 7) is 2.72. The Labute approximate surface area is 117 Å². The van der Waals surface area contributed by atoms with Crippen LogP contribution in [0.5, 0.6) is 0 Å². The molecule has 7 nitrogen and oxygen atoms in total. The number of rotatable bonds is 3. The summed E-state index contributed by atoms with van der Waals surface area (Å²) in [6.07, 6.45) is 0. The lowest BCUT2D eigenvalue weighted by Crippen LogP contribution is -2.37. The number of aromatic nitrogens is 1. The molecule has 108 valence electrons. The Kier molecular flexibility index (Phi) is 4.52. The number of hydrogen-bond acceptors (Lipinski definition) is 5. The Bertz CT molecular complexity index is 478. The van der Waals surface area contributed by atoms with Gasteiger partial charge in [-0.05, 0) is 12.1 Å². The van der Waals surface area contributed by atoms with Crippen LogP contribution in [-0.2, 0) is 4.74 Å². The van der Waals surface area contributed by atoms with Crippen molar-refractivity contribution in [3.8, 4) is 0 Å². The van der Waals surface area contributed by atoms with Crippen LogP contribution in [0.25, 0.3) is 0 Å². The van der Waals surface area contributed by atoms with E-state index in [1.165, 1.54) is 14.1 Å². The van der Waals surface area contributed by atoms with Crippen molar-refractivity contribution in [3.05, 3.63) is 23.5 Å². The number of pyridine rings is 1. The van der Waals surface area contributed by atoms with Crippen molar-refractivity contribution < 1.29 is 14.3 Å². The van der Waals surface area contributed by atoms with Crippen molar-refractivity contribution in [1.82, 2.24) is 15.6 Å². The number of carbonyl (C=O) groups is 2. The molecule has 1 fully saturated rings. The second-order valence-electron chi connectivity index (χ2n) is 4.35. The molecule has 7 heteroatoms. The van der Waals surface area contributed by atoms with Gasteiger partial charge in [0.15, 0.2) is 0 Å². The Hall–Kier alpha value is -2.15. The van der Waals surface area contributed by atoms with E-state index in [0.29, 0.717) is 13.2 Å². The van der Waals surface area contributed by atoms with Gasteiger partial charge in [0.05, 0.1) is 13.2 Å². The molecular weight excluding hydrogens is 260 g/mol. The van der Waals surface area contributed by atoms with E-state index >= 15 is 0 Å². The van der Waals surface area contributed by atoms with Gasteiger partial charge in [0.25, 0.3) is 11.8 Å². The molecule has 0 aliphatic carbocycles. The SMILES string of the molecule is CNC(=O)c1cc(N2CCOCC2)cc(C(=O)NC)n1. The molecule has 1 aromatic heterocycles. The average molecular weight is 278 g/mol. The Morgan fingerprint density at radius 1 is 1.10 bits per heavy atom. The number of carbonyl (C=O) groups excluding carboxylic acids is 2. The van der Waals surface area contributed by atoms with Gasteiger partial charge in [0.1, 0.15) is 11.4 Å². The Balaban J connectivity index is 2.38. The van der Waals surface area contributed by atoms with E-state index in [2.05, 4.69) is 20.5 Å². The van der Waals surface area contributed by atoms with Crippen LogP contribution in [-0.4, -0.2) is 57.2 Å². The first-order valence-corrected chi connectivity index (χ1v) is 6.44. The predicted molar refractivity (Wildman–Crippen MR) is 74.0 cm³/mol. The highest BCUT2D eigenvalue weighted by atomic mass is 16.5. The summed E-state index contributed by atoms with van der Waals surface area (Å²) in [5.74, 6) is -0.629. The quantitative estimate of drug-likeness (QED) is 0.788. The fourth-order valence-electron chi connectivity index (χ4n) is 2.01. The van der Waals surface area contributed by atoms with Crippen molar-refractivity contribution in [2.75, 3.05) is 45.3 Å². The molecule has 1 aliphatic heterocycles. The molecule has 0 radical (unpaired) electrons. The van der Waals surface area contributed by atoms with Crippen LogP contribution >= 0.6 is 0 Å². The number of morpholine rings is 1. The van der Waals surface area contributed by atoms with Crippen molar-refractivity contribution in [3.63, 3.8) is 0 Å². The second-order valence-corrected chi connectivity index (χ2v) is 4.35. The minimum atomic E-state index is -0.315. The van der Waals surface area contributed by atoms with Gasteiger partial charge < -0.3 is 20.3 Å². The van der Waals surface area contributed by atoms with Crippen LogP contribution in [0.1, 0.15) is 21.0 Å². The molecule has 0 aromatic carbocycles. The molecule has 1 saturated heterocycles. The molecule has 0 saturated carbocycles. The first-order chi connectivity index (χ1) is 9.65. The normalized spacial score (nSPS) is 14.8. The maximum absolute atomic E-state index is 11.8. The van der Waals surface area contributed by atoms with Gasteiger partial charge in [0.2, 0.25) is 0 Å². The summed E-state index contributed by atoms with van der Waals surface area (Å²) in [4.78, 5) is 29.7. The van der Waals surface area contributed by atoms with Crippen molar-refractivity contribution in [1.29, 1.82) is 0 Å². The highest BCUT2D eigenvalue weighted by Crippen LogP contribution is 2.18. The Morgan fingerprint density at radius 3 is 2.05 bits per heavy atom. The molecule has 20 heavy (non-hydrogen) atoms. The monoisotopic (exact) mass is 278 g/mol. The smallest absolute Gasteiger partial charge is 0.269 e. The van der Waals surface area contributed by atoms with Crippen LogP contribution in [0.3, 0.4) is 0 Å². The lowest BCUT2D eigenvalue weighted by atomic mass is 10.2. The molecule has 1 aromatic rings. The average Bonchev–Trinajstić information content (AvgIpc) is 2.53. The summed E-state index contributed by atoms with van der Waals surface area (Å²) < 4.78 is 5.30. The zero-order chi connectivity index (χ0) is 14.5. The molecule has 1 aliphatic rings. The minimum Gasteiger partial charge on any atom is -0.378 e. The first kappa shape index (κ1) is 14.3. The van der Waals surface area contributed by atoms with E-state index in [4.69, 9.17) is 4.74 Å². The second kappa shape index (κ2) is 6.33. The summed E-state index contributed by atoms with van der Waals surface area (Å²) in [6, 6.07) is 3.38. The topological polar surface area (TPSA) is 83.6 Å². The van der Waals surface area contributed by atoms with E-state index in [1.807, 2.05) is 0 Å². The largest absolute Gasteiger partial charge is 0.378 e. The highest BCUT2D eigenvalue weighted by Gasteiger charge is 2.18. The third-order valence-electron chi connectivity index (χ3n) is 3.11. The van der Waals surface area contributed by atoms with Gasteiger partial charge in [-0.2, -0.15) is 0 Å². The maximum atomic E-state index is 11.8. The number of ether oxygens (including phenoxy) is 1. The van der Waals surface area contributed by atoms with Gasteiger partial charge in [-0.1, -0.05) is 0 Å². The number of nitrogens with zero attached hydrogens (tertiary/aromatic N) is 2. The van der Waals surface area contributed by atoms with Crippen molar-refractivity contribution in [2.45, 2.75) is 0 Å². The Morgan fingerprint density at radius 2 is 1.60 bits per heavy atom. The third kappa shape index (κ3) is 3.05. The maximum Gasteiger partial charge on any atom is 0.269 e. The summed E-state index contributed by atoms with van der Waals surface area (Å²) in [5, 5.41) is 5.04. The van der Waals surface area contributed by atoms with Crippen LogP contribution in [0.2, 0.25) is 0 Å². The molecule has 2 rings (SSSR count). The molecule has 0 spiro atoms. The van der Waals surface area contributed by atoms with Gasteiger partial charge in [-0.3, -0.25) is 9.59 Å². The van der Waals surface area contributed by atoms with E-state index in [9.17, 15) is 9.59 Å². The lowest BCUT2D eigenvalue weighted by molar-refractivity contribution is 0.0954. The molecule has 0 bridgehead atoms. The molecular formula is C13H18N4O3. The molecule has 2 amide bonds. The fourth-order valence-corrected chi connectivity index (χ4v) is 2.01. The van der Waals surface area contributed by atoms with Gasteiger partial charge >= 0.3 is 0 Å². The van der Waals surface area contributed by atoms with Gasteiger partial charge in [-0.15, -0.1) is 0 Å². The zero-order valence-electron chi connectivity index (χ0n) is 11.6. The van der Waals surface area contributed by atoms with Crippen LogP contribution in [0, 0.1) is 0 Å². The molecule has 0 atom stereocenters. The van der Waals surface area contributed by atoms with Gasteiger partial charge in [0, 0.05) is 32.9 Å². The van der Waals surface area contributed by atoms with E-state index in [0.717, 1.165) is 18.8 Å². The minimum absolute atomic E-state index is 0.232. The van der Waals surface area contributed by atoms with Crippen LogP contribution in [0.4, 0.5) is 5.69 Å². The summed E-state index contributed by atoms with van der Waals surface area (Å²) in [7, 11) is 3.07. The molecule has 2 heterocycles. The number of nitrogens with one attached hydrogen (secondary N) is 2. The molecule has 2 N–H and O–H groups in total.